The molecular formula is C44H50O6Si. The summed E-state index contributed by atoms with van der Waals surface area (Å²) in [6.45, 7) is 8.22. The molecule has 266 valence electrons. The van der Waals surface area contributed by atoms with E-state index in [1.54, 1.807) is 7.11 Å². The fourth-order valence-electron chi connectivity index (χ4n) is 7.04. The topological polar surface area (TPSA) is 55.4 Å². The van der Waals surface area contributed by atoms with Gasteiger partial charge in [-0.25, -0.2) is 0 Å². The Labute approximate surface area is 304 Å². The van der Waals surface area contributed by atoms with Crippen molar-refractivity contribution in [1.82, 2.24) is 0 Å². The van der Waals surface area contributed by atoms with E-state index in [2.05, 4.69) is 118 Å². The number of hydrogen-bond donors (Lipinski definition) is 0. The summed E-state index contributed by atoms with van der Waals surface area (Å²) in [7, 11) is -1.24. The Balaban J connectivity index is 1.38. The Morgan fingerprint density at radius 1 is 0.510 bits per heavy atom. The molecule has 51 heavy (non-hydrogen) atoms. The lowest BCUT2D eigenvalue weighted by Gasteiger charge is -2.48. The summed E-state index contributed by atoms with van der Waals surface area (Å²) in [4.78, 5) is 0. The summed E-state index contributed by atoms with van der Waals surface area (Å²) < 4.78 is 40.7. The smallest absolute Gasteiger partial charge is 0.261 e. The van der Waals surface area contributed by atoms with Crippen molar-refractivity contribution in [2.75, 3.05) is 13.7 Å². The second kappa shape index (κ2) is 17.5. The van der Waals surface area contributed by atoms with Crippen LogP contribution >= 0.6 is 0 Å². The van der Waals surface area contributed by atoms with Crippen molar-refractivity contribution in [2.45, 2.75) is 76.3 Å². The van der Waals surface area contributed by atoms with Crippen LogP contribution in [0.5, 0.6) is 0 Å². The molecule has 0 aliphatic carbocycles. The maximum absolute atomic E-state index is 7.44. The van der Waals surface area contributed by atoms with Gasteiger partial charge in [-0.1, -0.05) is 172 Å². The van der Waals surface area contributed by atoms with Gasteiger partial charge in [0.05, 0.1) is 26.4 Å². The fourth-order valence-corrected chi connectivity index (χ4v) is 11.6. The van der Waals surface area contributed by atoms with Gasteiger partial charge in [0.25, 0.3) is 8.32 Å². The lowest BCUT2D eigenvalue weighted by Crippen LogP contribution is -2.68. The van der Waals surface area contributed by atoms with E-state index < -0.39 is 39.0 Å². The Bertz CT molecular complexity index is 1680. The highest BCUT2D eigenvalue weighted by molar-refractivity contribution is 6.99. The second-order valence-corrected chi connectivity index (χ2v) is 18.3. The van der Waals surface area contributed by atoms with Crippen LogP contribution in [0.3, 0.4) is 0 Å². The Morgan fingerprint density at radius 2 is 0.882 bits per heavy atom. The first-order chi connectivity index (χ1) is 24.9. The molecule has 0 radical (unpaired) electrons. The Morgan fingerprint density at radius 3 is 1.27 bits per heavy atom. The van der Waals surface area contributed by atoms with E-state index in [1.807, 2.05) is 54.6 Å². The number of methoxy groups -OCH3 is 1. The van der Waals surface area contributed by atoms with Crippen LogP contribution in [0.15, 0.2) is 152 Å². The summed E-state index contributed by atoms with van der Waals surface area (Å²) >= 11 is 0. The molecule has 6 nitrogen and oxygen atoms in total. The van der Waals surface area contributed by atoms with Gasteiger partial charge in [-0.3, -0.25) is 0 Å². The maximum atomic E-state index is 7.44. The first-order valence-electron chi connectivity index (χ1n) is 17.8. The van der Waals surface area contributed by atoms with Crippen molar-refractivity contribution < 1.29 is 28.1 Å². The summed E-state index contributed by atoms with van der Waals surface area (Å²) in [5.41, 5.74) is 3.16. The van der Waals surface area contributed by atoms with Crippen molar-refractivity contribution in [3.63, 3.8) is 0 Å². The normalized spacial score (nSPS) is 21.0. The van der Waals surface area contributed by atoms with E-state index in [0.29, 0.717) is 19.8 Å². The summed E-state index contributed by atoms with van der Waals surface area (Å²) in [6, 6.07) is 51.8. The van der Waals surface area contributed by atoms with Gasteiger partial charge >= 0.3 is 0 Å². The molecular weight excluding hydrogens is 653 g/mol. The number of benzene rings is 5. The molecule has 0 saturated carbocycles. The molecule has 0 bridgehead atoms. The SMILES string of the molecule is CO[C@H]1O[C@H](CO[Si](c2ccccc2)(c2ccccc2)C(C)(C)C)[C@@H](OCc2ccccc2)[C@H](OCc2ccccc2)[C@H]1OCc1ccccc1. The molecule has 0 amide bonds. The van der Waals surface area contributed by atoms with Gasteiger partial charge in [-0.2, -0.15) is 0 Å². The molecule has 0 unspecified atom stereocenters. The lowest BCUT2D eigenvalue weighted by atomic mass is 9.98. The van der Waals surface area contributed by atoms with Gasteiger partial charge < -0.3 is 28.1 Å². The molecule has 1 fully saturated rings. The van der Waals surface area contributed by atoms with E-state index in [1.165, 1.54) is 10.4 Å². The second-order valence-electron chi connectivity index (χ2n) is 14.0. The minimum Gasteiger partial charge on any atom is -0.405 e. The highest BCUT2D eigenvalue weighted by atomic mass is 28.4. The molecule has 5 aromatic rings. The number of rotatable bonds is 15. The quantitative estimate of drug-likeness (QED) is 0.104. The van der Waals surface area contributed by atoms with Gasteiger partial charge in [0, 0.05) is 7.11 Å². The van der Waals surface area contributed by atoms with Crippen LogP contribution in [0.1, 0.15) is 37.5 Å². The molecule has 1 aliphatic rings. The van der Waals surface area contributed by atoms with Gasteiger partial charge in [0.1, 0.15) is 24.4 Å². The molecule has 1 aliphatic heterocycles. The van der Waals surface area contributed by atoms with Crippen LogP contribution in [0.2, 0.25) is 5.04 Å². The third-order valence-corrected chi connectivity index (χ3v) is 14.6. The van der Waals surface area contributed by atoms with Crippen molar-refractivity contribution in [2.24, 2.45) is 0 Å². The van der Waals surface area contributed by atoms with E-state index >= 15 is 0 Å². The molecule has 0 spiro atoms. The van der Waals surface area contributed by atoms with Crippen LogP contribution in [-0.2, 0) is 47.9 Å². The van der Waals surface area contributed by atoms with E-state index in [4.69, 9.17) is 28.1 Å². The van der Waals surface area contributed by atoms with Crippen molar-refractivity contribution in [3.8, 4) is 0 Å². The average Bonchev–Trinajstić information content (AvgIpc) is 3.17. The highest BCUT2D eigenvalue weighted by Crippen LogP contribution is 2.38. The molecule has 6 rings (SSSR count). The van der Waals surface area contributed by atoms with Crippen LogP contribution in [-0.4, -0.2) is 52.7 Å². The Hall–Kier alpha value is -3.92. The average molecular weight is 703 g/mol. The van der Waals surface area contributed by atoms with Gasteiger partial charge in [-0.15, -0.1) is 0 Å². The fraction of sp³-hybridized carbons (Fsp3) is 0.318. The largest absolute Gasteiger partial charge is 0.405 e. The standard InChI is InChI=1S/C44H50O6Si/c1-44(2,3)51(37-26-16-8-17-27-37,38-28-18-9-19-29-38)49-33-39-40(46-30-34-20-10-5-11-21-34)41(47-31-35-22-12-6-13-23-35)42(43(45-4)50-39)48-32-36-24-14-7-15-25-36/h5-29,39-43H,30-33H2,1-4H3/t39-,40-,41+,42-,43+/m1/s1. The minimum atomic E-state index is -2.90. The molecule has 5 aromatic carbocycles. The molecule has 0 aromatic heterocycles. The van der Waals surface area contributed by atoms with E-state index in [0.717, 1.165) is 16.7 Å². The monoisotopic (exact) mass is 702 g/mol. The van der Waals surface area contributed by atoms with Crippen molar-refractivity contribution in [1.29, 1.82) is 0 Å². The summed E-state index contributed by atoms with van der Waals surface area (Å²) in [6.07, 6.45) is -2.91. The predicted molar refractivity (Wildman–Crippen MR) is 204 cm³/mol. The predicted octanol–water partition coefficient (Wildman–Crippen LogP) is 7.69. The van der Waals surface area contributed by atoms with Crippen LogP contribution < -0.4 is 10.4 Å². The third-order valence-electron chi connectivity index (χ3n) is 9.56. The molecule has 1 saturated heterocycles. The van der Waals surface area contributed by atoms with Crippen molar-refractivity contribution in [3.05, 3.63) is 168 Å². The van der Waals surface area contributed by atoms with E-state index in [-0.39, 0.29) is 11.6 Å². The summed E-state index contributed by atoms with van der Waals surface area (Å²) in [5.74, 6) is 0. The zero-order chi connectivity index (χ0) is 35.5. The number of hydrogen-bond acceptors (Lipinski definition) is 6. The van der Waals surface area contributed by atoms with Crippen molar-refractivity contribution >= 4 is 18.7 Å². The lowest BCUT2D eigenvalue weighted by molar-refractivity contribution is -0.320. The Kier molecular flexibility index (Phi) is 12.7. The van der Waals surface area contributed by atoms with Gasteiger partial charge in [0.15, 0.2) is 6.29 Å². The van der Waals surface area contributed by atoms with Crippen LogP contribution in [0.4, 0.5) is 0 Å². The molecule has 7 heteroatoms. The summed E-state index contributed by atoms with van der Waals surface area (Å²) in [5, 5.41) is 2.19. The van der Waals surface area contributed by atoms with Crippen LogP contribution in [0.25, 0.3) is 0 Å². The van der Waals surface area contributed by atoms with Gasteiger partial charge in [0.2, 0.25) is 0 Å². The number of ether oxygens (including phenoxy) is 5. The zero-order valence-electron chi connectivity index (χ0n) is 30.1. The highest BCUT2D eigenvalue weighted by Gasteiger charge is 2.53. The minimum absolute atomic E-state index is 0.212. The maximum Gasteiger partial charge on any atom is 0.261 e. The molecule has 5 atom stereocenters. The first-order valence-corrected chi connectivity index (χ1v) is 19.7. The van der Waals surface area contributed by atoms with Crippen LogP contribution in [0, 0.1) is 0 Å². The first kappa shape index (κ1) is 36.9. The van der Waals surface area contributed by atoms with E-state index in [9.17, 15) is 0 Å². The molecule has 0 N–H and O–H groups in total. The zero-order valence-corrected chi connectivity index (χ0v) is 31.1. The molecule has 1 heterocycles. The third kappa shape index (κ3) is 8.94. The van der Waals surface area contributed by atoms with Gasteiger partial charge in [-0.05, 0) is 32.1 Å².